The van der Waals surface area contributed by atoms with Crippen molar-refractivity contribution in [3.05, 3.63) is 0 Å². The Morgan fingerprint density at radius 3 is 2.58 bits per heavy atom. The lowest BCUT2D eigenvalue weighted by atomic mass is 10.1. The van der Waals surface area contributed by atoms with Crippen molar-refractivity contribution >= 4 is 0 Å². The molecule has 114 valence electrons. The van der Waals surface area contributed by atoms with Gasteiger partial charge in [-0.2, -0.15) is 13.2 Å². The highest BCUT2D eigenvalue weighted by molar-refractivity contribution is 4.79. The monoisotopic (exact) mass is 284 g/mol. The second-order valence-electron chi connectivity index (χ2n) is 5.16. The molecule has 0 aromatic heterocycles. The molecule has 0 aromatic carbocycles. The van der Waals surface area contributed by atoms with Gasteiger partial charge >= 0.3 is 6.18 Å². The van der Waals surface area contributed by atoms with Crippen LogP contribution in [0.3, 0.4) is 0 Å². The summed E-state index contributed by atoms with van der Waals surface area (Å²) in [5, 5.41) is 9.36. The molecular weight excluding hydrogens is 261 g/mol. The Bertz CT molecular complexity index is 262. The topological polar surface area (TPSA) is 35.9 Å². The molecule has 0 radical (unpaired) electrons. The number of nitrogens with zero attached hydrogens (tertiary/aromatic N) is 2. The molecule has 1 saturated heterocycles. The van der Waals surface area contributed by atoms with E-state index in [4.69, 9.17) is 0 Å². The highest BCUT2D eigenvalue weighted by atomic mass is 19.4. The van der Waals surface area contributed by atoms with Crippen molar-refractivity contribution in [2.24, 2.45) is 0 Å². The molecule has 2 atom stereocenters. The average Bonchev–Trinajstić information content (AvgIpc) is 2.26. The van der Waals surface area contributed by atoms with Crippen LogP contribution in [0.4, 0.5) is 13.2 Å². The van der Waals surface area contributed by atoms with E-state index in [1.165, 1.54) is 0 Å². The number of hydrogen-bond donors (Lipinski definition) is 1. The largest absolute Gasteiger partial charge is 0.411 e. The molecule has 7 heteroatoms. The summed E-state index contributed by atoms with van der Waals surface area (Å²) in [5.74, 6) is 0. The predicted molar refractivity (Wildman–Crippen MR) is 66.0 cm³/mol. The van der Waals surface area contributed by atoms with Gasteiger partial charge in [0, 0.05) is 38.8 Å². The van der Waals surface area contributed by atoms with Crippen molar-refractivity contribution in [1.29, 1.82) is 0 Å². The van der Waals surface area contributed by atoms with E-state index in [9.17, 15) is 18.3 Å². The van der Waals surface area contributed by atoms with Gasteiger partial charge < -0.3 is 9.84 Å². The summed E-state index contributed by atoms with van der Waals surface area (Å²) in [7, 11) is 0. The molecule has 2 unspecified atom stereocenters. The lowest BCUT2D eigenvalue weighted by molar-refractivity contribution is -0.174. The number of halogens is 3. The Morgan fingerprint density at radius 2 is 2.05 bits per heavy atom. The van der Waals surface area contributed by atoms with Gasteiger partial charge in [-0.3, -0.25) is 9.80 Å². The van der Waals surface area contributed by atoms with Crippen LogP contribution in [-0.2, 0) is 4.74 Å². The highest BCUT2D eigenvalue weighted by Crippen LogP contribution is 2.14. The lowest BCUT2D eigenvalue weighted by Crippen LogP contribution is -2.54. The van der Waals surface area contributed by atoms with Crippen LogP contribution in [0, 0.1) is 0 Å². The summed E-state index contributed by atoms with van der Waals surface area (Å²) >= 11 is 0. The summed E-state index contributed by atoms with van der Waals surface area (Å²) in [5.41, 5.74) is 0. The Kier molecular flexibility index (Phi) is 6.52. The zero-order chi connectivity index (χ0) is 14.5. The SMILES string of the molecule is CC(O)CN1CCN(CCOCC(F)(F)F)CC1C. The molecular formula is C12H23F3N2O2. The third-order valence-electron chi connectivity index (χ3n) is 3.17. The minimum Gasteiger partial charge on any atom is -0.392 e. The fourth-order valence-corrected chi connectivity index (χ4v) is 2.27. The third kappa shape index (κ3) is 7.10. The van der Waals surface area contributed by atoms with Gasteiger partial charge in [-0.1, -0.05) is 0 Å². The number of rotatable bonds is 6. The quantitative estimate of drug-likeness (QED) is 0.737. The van der Waals surface area contributed by atoms with Crippen molar-refractivity contribution in [2.45, 2.75) is 32.2 Å². The molecule has 1 aliphatic rings. The first-order valence-corrected chi connectivity index (χ1v) is 6.57. The van der Waals surface area contributed by atoms with Gasteiger partial charge in [0.1, 0.15) is 6.61 Å². The molecule has 0 saturated carbocycles. The Hall–Kier alpha value is -0.370. The first kappa shape index (κ1) is 16.7. The fourth-order valence-electron chi connectivity index (χ4n) is 2.27. The van der Waals surface area contributed by atoms with Gasteiger partial charge in [0.25, 0.3) is 0 Å². The number of alkyl halides is 3. The molecule has 0 bridgehead atoms. The van der Waals surface area contributed by atoms with Gasteiger partial charge in [0.05, 0.1) is 12.7 Å². The third-order valence-corrected chi connectivity index (χ3v) is 3.17. The summed E-state index contributed by atoms with van der Waals surface area (Å²) in [6.45, 7) is 6.31. The maximum absolute atomic E-state index is 11.9. The number of hydrogen-bond acceptors (Lipinski definition) is 4. The molecule has 0 aliphatic carbocycles. The van der Waals surface area contributed by atoms with E-state index in [2.05, 4.69) is 21.5 Å². The highest BCUT2D eigenvalue weighted by Gasteiger charge is 2.28. The number of ether oxygens (including phenoxy) is 1. The Balaban J connectivity index is 2.18. The van der Waals surface area contributed by atoms with Crippen LogP contribution in [-0.4, -0.2) is 79.2 Å². The van der Waals surface area contributed by atoms with Crippen LogP contribution in [0.15, 0.2) is 0 Å². The number of β-amino-alcohol motifs (C(OH)–C–C–N with tert-alkyl or cyclic N) is 1. The first-order valence-electron chi connectivity index (χ1n) is 6.57. The molecule has 1 aliphatic heterocycles. The van der Waals surface area contributed by atoms with E-state index in [0.29, 0.717) is 19.1 Å². The zero-order valence-corrected chi connectivity index (χ0v) is 11.5. The van der Waals surface area contributed by atoms with Crippen molar-refractivity contribution in [2.75, 3.05) is 45.9 Å². The van der Waals surface area contributed by atoms with Crippen LogP contribution in [0.1, 0.15) is 13.8 Å². The smallest absolute Gasteiger partial charge is 0.392 e. The summed E-state index contributed by atoms with van der Waals surface area (Å²) in [6.07, 6.45) is -4.60. The van der Waals surface area contributed by atoms with Crippen LogP contribution in [0.25, 0.3) is 0 Å². The molecule has 1 rings (SSSR count). The fraction of sp³-hybridized carbons (Fsp3) is 1.00. The second kappa shape index (κ2) is 7.42. The minimum absolute atomic E-state index is 0.0998. The molecule has 0 amide bonds. The number of aliphatic hydroxyl groups excluding tert-OH is 1. The van der Waals surface area contributed by atoms with E-state index in [-0.39, 0.29) is 12.7 Å². The van der Waals surface area contributed by atoms with Crippen LogP contribution < -0.4 is 0 Å². The summed E-state index contributed by atoms with van der Waals surface area (Å²) in [6, 6.07) is 0.297. The number of piperazine rings is 1. The minimum atomic E-state index is -4.25. The second-order valence-corrected chi connectivity index (χ2v) is 5.16. The van der Waals surface area contributed by atoms with Crippen molar-refractivity contribution in [1.82, 2.24) is 9.80 Å². The van der Waals surface area contributed by atoms with Gasteiger partial charge in [-0.05, 0) is 13.8 Å². The molecule has 19 heavy (non-hydrogen) atoms. The molecule has 0 spiro atoms. The standard InChI is InChI=1S/C12H23F3N2O2/c1-10-7-16(3-4-17(10)8-11(2)18)5-6-19-9-12(13,14)15/h10-11,18H,3-9H2,1-2H3. The van der Waals surface area contributed by atoms with E-state index in [0.717, 1.165) is 19.6 Å². The summed E-state index contributed by atoms with van der Waals surface area (Å²) < 4.78 is 40.3. The van der Waals surface area contributed by atoms with E-state index < -0.39 is 12.8 Å². The van der Waals surface area contributed by atoms with Gasteiger partial charge in [0.15, 0.2) is 0 Å². The van der Waals surface area contributed by atoms with Crippen LogP contribution >= 0.6 is 0 Å². The molecule has 1 heterocycles. The zero-order valence-electron chi connectivity index (χ0n) is 11.5. The van der Waals surface area contributed by atoms with Crippen LogP contribution in [0.5, 0.6) is 0 Å². The molecule has 1 fully saturated rings. The van der Waals surface area contributed by atoms with Gasteiger partial charge in [-0.15, -0.1) is 0 Å². The lowest BCUT2D eigenvalue weighted by Gasteiger charge is -2.40. The maximum atomic E-state index is 11.9. The van der Waals surface area contributed by atoms with Crippen molar-refractivity contribution in [3.8, 4) is 0 Å². The molecule has 4 nitrogen and oxygen atoms in total. The first-order chi connectivity index (χ1) is 8.78. The Morgan fingerprint density at radius 1 is 1.37 bits per heavy atom. The van der Waals surface area contributed by atoms with Gasteiger partial charge in [0.2, 0.25) is 0 Å². The van der Waals surface area contributed by atoms with E-state index in [1.807, 2.05) is 0 Å². The van der Waals surface area contributed by atoms with E-state index in [1.54, 1.807) is 6.92 Å². The predicted octanol–water partition coefficient (Wildman–Crippen LogP) is 0.952. The van der Waals surface area contributed by atoms with Gasteiger partial charge in [-0.25, -0.2) is 0 Å². The normalized spacial score (nSPS) is 24.6. The summed E-state index contributed by atoms with van der Waals surface area (Å²) in [4.78, 5) is 4.29. The molecule has 1 N–H and O–H groups in total. The Labute approximate surface area is 112 Å². The van der Waals surface area contributed by atoms with E-state index >= 15 is 0 Å². The van der Waals surface area contributed by atoms with Crippen molar-refractivity contribution < 1.29 is 23.0 Å². The maximum Gasteiger partial charge on any atom is 0.411 e. The molecule has 0 aromatic rings. The van der Waals surface area contributed by atoms with Crippen molar-refractivity contribution in [3.63, 3.8) is 0 Å². The average molecular weight is 284 g/mol. The number of aliphatic hydroxyl groups is 1. The van der Waals surface area contributed by atoms with Crippen LogP contribution in [0.2, 0.25) is 0 Å².